The number of nitrogens with zero attached hydrogens (tertiary/aromatic N) is 2. The summed E-state index contributed by atoms with van der Waals surface area (Å²) in [7, 11) is 1.52. The highest BCUT2D eigenvalue weighted by Crippen LogP contribution is 2.43. The van der Waals surface area contributed by atoms with Crippen LogP contribution in [0.5, 0.6) is 5.75 Å². The summed E-state index contributed by atoms with van der Waals surface area (Å²) in [4.78, 5) is 9.00. The number of aliphatic hydroxyl groups excluding tert-OH is 1. The van der Waals surface area contributed by atoms with Gasteiger partial charge >= 0.3 is 6.18 Å². The molecular weight excluding hydrogens is 447 g/mol. The zero-order valence-corrected chi connectivity index (χ0v) is 19.3. The van der Waals surface area contributed by atoms with E-state index in [-0.39, 0.29) is 0 Å². The topological polar surface area (TPSA) is 87.5 Å². The van der Waals surface area contributed by atoms with E-state index < -0.39 is 29.5 Å². The first kappa shape index (κ1) is 24.2. The second-order valence-corrected chi connectivity index (χ2v) is 8.94. The van der Waals surface area contributed by atoms with Crippen LogP contribution < -0.4 is 10.1 Å². The first-order valence-corrected chi connectivity index (χ1v) is 11.2. The van der Waals surface area contributed by atoms with Gasteiger partial charge in [0.05, 0.1) is 29.9 Å². The maximum absolute atomic E-state index is 13.2. The molecule has 0 spiro atoms. The third-order valence-electron chi connectivity index (χ3n) is 6.48. The zero-order valence-electron chi connectivity index (χ0n) is 19.3. The lowest BCUT2D eigenvalue weighted by molar-refractivity contribution is -0.137. The van der Waals surface area contributed by atoms with E-state index >= 15 is 0 Å². The molecule has 3 N–H and O–H groups in total. The molecule has 6 nitrogen and oxygen atoms in total. The molecule has 3 aromatic rings. The normalized spacial score (nSPS) is 21.9. The molecule has 1 fully saturated rings. The molecule has 34 heavy (non-hydrogen) atoms. The van der Waals surface area contributed by atoms with Gasteiger partial charge < -0.3 is 20.3 Å². The van der Waals surface area contributed by atoms with Crippen LogP contribution in [-0.4, -0.2) is 33.4 Å². The van der Waals surface area contributed by atoms with Crippen molar-refractivity contribution in [3.63, 3.8) is 0 Å². The maximum Gasteiger partial charge on any atom is 0.416 e. The van der Waals surface area contributed by atoms with Crippen molar-refractivity contribution < 1.29 is 28.1 Å². The first-order chi connectivity index (χ1) is 16.0. The molecule has 0 bridgehead atoms. The van der Waals surface area contributed by atoms with Crippen LogP contribution >= 0.6 is 0 Å². The molecule has 1 atom stereocenters. The van der Waals surface area contributed by atoms with Crippen molar-refractivity contribution in [2.24, 2.45) is 0 Å². The lowest BCUT2D eigenvalue weighted by Gasteiger charge is -2.35. The summed E-state index contributed by atoms with van der Waals surface area (Å²) < 4.78 is 45.1. The second-order valence-electron chi connectivity index (χ2n) is 8.94. The molecule has 0 saturated heterocycles. The molecule has 1 aliphatic carbocycles. The molecule has 1 aliphatic rings. The van der Waals surface area contributed by atoms with E-state index in [1.54, 1.807) is 32.0 Å². The number of fused-ring (bicyclic) bond motifs is 1. The number of benzene rings is 2. The van der Waals surface area contributed by atoms with E-state index in [2.05, 4.69) is 15.3 Å². The number of hydrogen-bond donors (Lipinski definition) is 3. The smallest absolute Gasteiger partial charge is 0.416 e. The highest BCUT2D eigenvalue weighted by molar-refractivity contribution is 5.91. The van der Waals surface area contributed by atoms with E-state index in [9.17, 15) is 23.4 Å². The summed E-state index contributed by atoms with van der Waals surface area (Å²) in [5, 5.41) is 25.1. The number of methoxy groups -OCH3 is 1. The minimum Gasteiger partial charge on any atom is -0.496 e. The number of alkyl halides is 3. The first-order valence-electron chi connectivity index (χ1n) is 11.2. The molecule has 0 aliphatic heterocycles. The van der Waals surface area contributed by atoms with Crippen LogP contribution in [0.4, 0.5) is 19.0 Å². The van der Waals surface area contributed by atoms with Crippen molar-refractivity contribution in [3.05, 3.63) is 58.9 Å². The average Bonchev–Trinajstić information content (AvgIpc) is 2.79. The van der Waals surface area contributed by atoms with E-state index in [0.717, 1.165) is 12.1 Å². The van der Waals surface area contributed by atoms with Crippen molar-refractivity contribution in [1.29, 1.82) is 0 Å². The van der Waals surface area contributed by atoms with Crippen molar-refractivity contribution in [3.8, 4) is 5.75 Å². The number of aromatic nitrogens is 2. The number of hydrogen-bond acceptors (Lipinski definition) is 6. The van der Waals surface area contributed by atoms with Gasteiger partial charge in [0, 0.05) is 23.1 Å². The van der Waals surface area contributed by atoms with Crippen LogP contribution in [0.1, 0.15) is 61.2 Å². The van der Waals surface area contributed by atoms with Crippen LogP contribution in [-0.2, 0) is 11.8 Å². The predicted molar refractivity (Wildman–Crippen MR) is 123 cm³/mol. The summed E-state index contributed by atoms with van der Waals surface area (Å²) >= 11 is 0. The zero-order chi connectivity index (χ0) is 24.7. The average molecular weight is 476 g/mol. The Kier molecular flexibility index (Phi) is 6.44. The van der Waals surface area contributed by atoms with Gasteiger partial charge in [0.2, 0.25) is 0 Å². The Morgan fingerprint density at radius 1 is 1.15 bits per heavy atom. The Labute approximate surface area is 195 Å². The van der Waals surface area contributed by atoms with E-state index in [1.807, 2.05) is 0 Å². The van der Waals surface area contributed by atoms with Gasteiger partial charge in [-0.15, -0.1) is 0 Å². The summed E-state index contributed by atoms with van der Waals surface area (Å²) in [5.74, 6) is 1.43. The van der Waals surface area contributed by atoms with Crippen LogP contribution in [0.3, 0.4) is 0 Å². The second kappa shape index (κ2) is 9.03. The fourth-order valence-corrected chi connectivity index (χ4v) is 4.54. The number of aryl methyl sites for hydroxylation is 1. The molecule has 0 radical (unpaired) electrons. The van der Waals surface area contributed by atoms with Crippen molar-refractivity contribution in [2.45, 2.75) is 63.5 Å². The Hall–Kier alpha value is -2.91. The molecule has 9 heteroatoms. The van der Waals surface area contributed by atoms with Gasteiger partial charge in [-0.05, 0) is 63.3 Å². The third kappa shape index (κ3) is 4.81. The van der Waals surface area contributed by atoms with Crippen LogP contribution in [0, 0.1) is 6.92 Å². The van der Waals surface area contributed by atoms with Crippen LogP contribution in [0.15, 0.2) is 36.4 Å². The van der Waals surface area contributed by atoms with E-state index in [1.165, 1.54) is 13.2 Å². The summed E-state index contributed by atoms with van der Waals surface area (Å²) in [6.45, 7) is 3.50. The molecule has 1 saturated carbocycles. The van der Waals surface area contributed by atoms with Gasteiger partial charge in [-0.25, -0.2) is 9.97 Å². The minimum absolute atomic E-state index is 0.381. The molecule has 4 rings (SSSR count). The summed E-state index contributed by atoms with van der Waals surface area (Å²) in [5.41, 5.74) is -0.250. The molecule has 0 amide bonds. The quantitative estimate of drug-likeness (QED) is 0.467. The fraction of sp³-hybridized carbons (Fsp3) is 0.440. The Morgan fingerprint density at radius 2 is 1.85 bits per heavy atom. The fourth-order valence-electron chi connectivity index (χ4n) is 4.54. The van der Waals surface area contributed by atoms with Gasteiger partial charge in [-0.2, -0.15) is 13.2 Å². The number of aliphatic hydroxyl groups is 2. The van der Waals surface area contributed by atoms with E-state index in [4.69, 9.17) is 4.74 Å². The number of rotatable bonds is 5. The van der Waals surface area contributed by atoms with Gasteiger partial charge in [0.1, 0.15) is 17.4 Å². The predicted octanol–water partition coefficient (Wildman–Crippen LogP) is 5.26. The summed E-state index contributed by atoms with van der Waals surface area (Å²) in [6.07, 6.45) is -3.16. The molecule has 2 aromatic carbocycles. The van der Waals surface area contributed by atoms with Crippen LogP contribution in [0.25, 0.3) is 10.9 Å². The van der Waals surface area contributed by atoms with E-state index in [0.29, 0.717) is 65.1 Å². The maximum atomic E-state index is 13.2. The lowest BCUT2D eigenvalue weighted by Crippen LogP contribution is -2.33. The lowest BCUT2D eigenvalue weighted by atomic mass is 9.78. The van der Waals surface area contributed by atoms with Crippen molar-refractivity contribution in [2.75, 3.05) is 12.4 Å². The van der Waals surface area contributed by atoms with Crippen LogP contribution in [0.2, 0.25) is 0 Å². The Bertz CT molecular complexity index is 1190. The van der Waals surface area contributed by atoms with Gasteiger partial charge in [0.15, 0.2) is 0 Å². The standard InChI is InChI=1S/C25H28F3N3O3/c1-14(16-5-4-6-17(11-16)25(26,27)28)29-23-19-12-20(24(33)9-7-18(32)8-10-24)22(34-3)13-21(19)30-15(2)31-23/h4-6,11-14,18,32-33H,7-10H2,1-3H3,(H,29,30,31)/t14-,18?,24?/m1/s1. The van der Waals surface area contributed by atoms with Gasteiger partial charge in [0.25, 0.3) is 0 Å². The number of anilines is 1. The van der Waals surface area contributed by atoms with Crippen molar-refractivity contribution in [1.82, 2.24) is 9.97 Å². The highest BCUT2D eigenvalue weighted by Gasteiger charge is 2.37. The summed E-state index contributed by atoms with van der Waals surface area (Å²) in [6, 6.07) is 8.23. The number of halogens is 3. The largest absolute Gasteiger partial charge is 0.496 e. The molecular formula is C25H28F3N3O3. The Morgan fingerprint density at radius 3 is 2.50 bits per heavy atom. The Balaban J connectivity index is 1.76. The highest BCUT2D eigenvalue weighted by atomic mass is 19.4. The number of nitrogens with one attached hydrogen (secondary N) is 1. The molecule has 1 aromatic heterocycles. The third-order valence-corrected chi connectivity index (χ3v) is 6.48. The van der Waals surface area contributed by atoms with Gasteiger partial charge in [-0.1, -0.05) is 12.1 Å². The molecule has 0 unspecified atom stereocenters. The minimum atomic E-state index is -4.43. The number of ether oxygens (including phenoxy) is 1. The SMILES string of the molecule is COc1cc2nc(C)nc(N[C@H](C)c3cccc(C(F)(F)F)c3)c2cc1C1(O)CCC(O)CC1. The monoisotopic (exact) mass is 475 g/mol. The molecule has 182 valence electrons. The van der Waals surface area contributed by atoms with Crippen molar-refractivity contribution >= 4 is 16.7 Å². The van der Waals surface area contributed by atoms with Gasteiger partial charge in [-0.3, -0.25) is 0 Å². The molecule has 1 heterocycles.